The lowest BCUT2D eigenvalue weighted by Crippen LogP contribution is -2.01. The van der Waals surface area contributed by atoms with E-state index in [1.165, 1.54) is 0 Å². The minimum atomic E-state index is 0.457. The Balaban J connectivity index is 2.11. The van der Waals surface area contributed by atoms with Crippen LogP contribution in [-0.4, -0.2) is 9.55 Å². The Kier molecular flexibility index (Phi) is 4.94. The van der Waals surface area contributed by atoms with Crippen LogP contribution in [0.2, 0.25) is 10.0 Å². The van der Waals surface area contributed by atoms with Crippen molar-refractivity contribution in [2.75, 3.05) is 0 Å². The number of pyridine rings is 1. The minimum absolute atomic E-state index is 0.457. The summed E-state index contributed by atoms with van der Waals surface area (Å²) in [5, 5.41) is 10.6. The van der Waals surface area contributed by atoms with Crippen LogP contribution in [0.4, 0.5) is 0 Å². The maximum absolute atomic E-state index is 9.59. The molecule has 3 nitrogen and oxygen atoms in total. The number of hydrogen-bond donors (Lipinski definition) is 0. The monoisotopic (exact) mass is 367 g/mol. The molecule has 0 aliphatic rings. The molecule has 2 heterocycles. The average molecular weight is 368 g/mol. The highest BCUT2D eigenvalue weighted by molar-refractivity contribution is 6.36. The van der Waals surface area contributed by atoms with Crippen LogP contribution in [0.3, 0.4) is 0 Å². The van der Waals surface area contributed by atoms with Gasteiger partial charge in [0.05, 0.1) is 16.7 Å². The number of rotatable bonds is 3. The van der Waals surface area contributed by atoms with Gasteiger partial charge in [0.2, 0.25) is 0 Å². The van der Waals surface area contributed by atoms with Crippen LogP contribution in [0.15, 0.2) is 48.7 Å². The summed E-state index contributed by atoms with van der Waals surface area (Å²) in [6, 6.07) is 15.2. The number of allylic oxidation sites excluding steroid dienone is 1. The molecule has 2 aromatic heterocycles. The van der Waals surface area contributed by atoms with Crippen molar-refractivity contribution in [2.45, 2.75) is 13.8 Å². The fourth-order valence-electron chi connectivity index (χ4n) is 2.81. The van der Waals surface area contributed by atoms with Gasteiger partial charge in [-0.25, -0.2) is 4.98 Å². The van der Waals surface area contributed by atoms with Gasteiger partial charge in [-0.15, -0.1) is 0 Å². The largest absolute Gasteiger partial charge is 0.303 e. The van der Waals surface area contributed by atoms with E-state index in [9.17, 15) is 5.26 Å². The third kappa shape index (κ3) is 3.46. The molecule has 0 fully saturated rings. The molecule has 0 aliphatic heterocycles. The van der Waals surface area contributed by atoms with Crippen LogP contribution in [0, 0.1) is 25.2 Å². The van der Waals surface area contributed by atoms with Gasteiger partial charge in [-0.1, -0.05) is 35.3 Å². The lowest BCUT2D eigenvalue weighted by atomic mass is 10.0. The Morgan fingerprint density at radius 1 is 1.16 bits per heavy atom. The number of nitrogens with zero attached hydrogens (tertiary/aromatic N) is 3. The van der Waals surface area contributed by atoms with E-state index in [-0.39, 0.29) is 0 Å². The molecule has 5 heteroatoms. The molecule has 0 saturated heterocycles. The van der Waals surface area contributed by atoms with E-state index in [1.54, 1.807) is 24.4 Å². The fourth-order valence-corrected chi connectivity index (χ4v) is 3.32. The molecule has 3 rings (SSSR count). The van der Waals surface area contributed by atoms with Crippen molar-refractivity contribution in [3.8, 4) is 11.9 Å². The number of benzene rings is 1. The van der Waals surface area contributed by atoms with Crippen molar-refractivity contribution in [3.63, 3.8) is 0 Å². The number of aromatic nitrogens is 2. The SMILES string of the molecule is Cc1cc(/C=C(/C#N)c2ccc(Cl)cc2Cl)c(C)n1-c1ccccn1. The molecule has 0 aliphatic carbocycles. The Morgan fingerprint density at radius 2 is 1.96 bits per heavy atom. The van der Waals surface area contributed by atoms with Gasteiger partial charge in [0.1, 0.15) is 5.82 Å². The Labute approximate surface area is 156 Å². The molecule has 0 spiro atoms. The smallest absolute Gasteiger partial charge is 0.136 e. The van der Waals surface area contributed by atoms with E-state index in [1.807, 2.05) is 44.2 Å². The molecule has 25 heavy (non-hydrogen) atoms. The van der Waals surface area contributed by atoms with Gasteiger partial charge in [-0.2, -0.15) is 5.26 Å². The van der Waals surface area contributed by atoms with Crippen LogP contribution in [0.1, 0.15) is 22.5 Å². The number of hydrogen-bond acceptors (Lipinski definition) is 2. The second kappa shape index (κ2) is 7.14. The normalized spacial score (nSPS) is 11.4. The van der Waals surface area contributed by atoms with Gasteiger partial charge in [0, 0.05) is 28.2 Å². The lowest BCUT2D eigenvalue weighted by Gasteiger charge is -2.08. The molecule has 124 valence electrons. The molecule has 0 unspecified atom stereocenters. The average Bonchev–Trinajstić information content (AvgIpc) is 2.87. The van der Waals surface area contributed by atoms with Crippen molar-refractivity contribution in [2.24, 2.45) is 0 Å². The third-order valence-electron chi connectivity index (χ3n) is 3.99. The van der Waals surface area contributed by atoms with Crippen LogP contribution >= 0.6 is 23.2 Å². The fraction of sp³-hybridized carbons (Fsp3) is 0.100. The highest BCUT2D eigenvalue weighted by Crippen LogP contribution is 2.30. The molecule has 0 saturated carbocycles. The number of halogens is 2. The summed E-state index contributed by atoms with van der Waals surface area (Å²) in [5.41, 5.74) is 4.15. The van der Waals surface area contributed by atoms with Crippen LogP contribution < -0.4 is 0 Å². The standard InChI is InChI=1S/C20H15Cl2N3/c1-13-9-15(14(2)25(13)20-5-3-4-8-24-20)10-16(12-23)18-7-6-17(21)11-19(18)22/h3-11H,1-2H3/b16-10-. The minimum Gasteiger partial charge on any atom is -0.303 e. The van der Waals surface area contributed by atoms with E-state index in [2.05, 4.69) is 15.6 Å². The summed E-state index contributed by atoms with van der Waals surface area (Å²) in [4.78, 5) is 4.41. The summed E-state index contributed by atoms with van der Waals surface area (Å²) < 4.78 is 2.06. The van der Waals surface area contributed by atoms with Crippen LogP contribution in [0.5, 0.6) is 0 Å². The summed E-state index contributed by atoms with van der Waals surface area (Å²) in [7, 11) is 0. The Morgan fingerprint density at radius 3 is 2.60 bits per heavy atom. The second-order valence-corrected chi connectivity index (χ2v) is 6.49. The molecular formula is C20H15Cl2N3. The number of nitriles is 1. The first kappa shape index (κ1) is 17.3. The van der Waals surface area contributed by atoms with E-state index in [0.717, 1.165) is 22.8 Å². The zero-order valence-electron chi connectivity index (χ0n) is 13.8. The molecule has 0 amide bonds. The van der Waals surface area contributed by atoms with Gasteiger partial charge >= 0.3 is 0 Å². The van der Waals surface area contributed by atoms with Crippen molar-refractivity contribution < 1.29 is 0 Å². The van der Waals surface area contributed by atoms with Gasteiger partial charge in [-0.05, 0) is 55.8 Å². The topological polar surface area (TPSA) is 41.6 Å². The van der Waals surface area contributed by atoms with Crippen molar-refractivity contribution in [1.82, 2.24) is 9.55 Å². The maximum Gasteiger partial charge on any atom is 0.136 e. The van der Waals surface area contributed by atoms with Crippen molar-refractivity contribution in [3.05, 3.63) is 81.2 Å². The molecule has 0 bridgehead atoms. The highest BCUT2D eigenvalue weighted by atomic mass is 35.5. The highest BCUT2D eigenvalue weighted by Gasteiger charge is 2.13. The predicted octanol–water partition coefficient (Wildman–Crippen LogP) is 5.86. The second-order valence-electron chi connectivity index (χ2n) is 5.64. The Bertz CT molecular complexity index is 996. The quantitative estimate of drug-likeness (QED) is 0.544. The van der Waals surface area contributed by atoms with Crippen LogP contribution in [-0.2, 0) is 0 Å². The molecular weight excluding hydrogens is 353 g/mol. The van der Waals surface area contributed by atoms with E-state index >= 15 is 0 Å². The van der Waals surface area contributed by atoms with Crippen molar-refractivity contribution >= 4 is 34.9 Å². The first-order chi connectivity index (χ1) is 12.0. The van der Waals surface area contributed by atoms with E-state index < -0.39 is 0 Å². The molecule has 3 aromatic rings. The first-order valence-electron chi connectivity index (χ1n) is 7.69. The van der Waals surface area contributed by atoms with Gasteiger partial charge < -0.3 is 4.57 Å². The summed E-state index contributed by atoms with van der Waals surface area (Å²) >= 11 is 12.2. The zero-order chi connectivity index (χ0) is 18.0. The predicted molar refractivity (Wildman–Crippen MR) is 103 cm³/mol. The van der Waals surface area contributed by atoms with E-state index in [4.69, 9.17) is 23.2 Å². The van der Waals surface area contributed by atoms with Gasteiger partial charge in [0.15, 0.2) is 0 Å². The first-order valence-corrected chi connectivity index (χ1v) is 8.44. The summed E-state index contributed by atoms with van der Waals surface area (Å²) in [6.07, 6.45) is 3.61. The summed E-state index contributed by atoms with van der Waals surface area (Å²) in [6.45, 7) is 4.02. The molecule has 0 N–H and O–H groups in total. The van der Waals surface area contributed by atoms with E-state index in [0.29, 0.717) is 21.2 Å². The summed E-state index contributed by atoms with van der Waals surface area (Å²) in [5.74, 6) is 0.847. The van der Waals surface area contributed by atoms with Gasteiger partial charge in [-0.3, -0.25) is 0 Å². The number of aryl methyl sites for hydroxylation is 1. The lowest BCUT2D eigenvalue weighted by molar-refractivity contribution is 0.921. The maximum atomic E-state index is 9.59. The van der Waals surface area contributed by atoms with Gasteiger partial charge in [0.25, 0.3) is 0 Å². The van der Waals surface area contributed by atoms with Crippen LogP contribution in [0.25, 0.3) is 17.5 Å². The molecule has 1 aromatic carbocycles. The van der Waals surface area contributed by atoms with Crippen molar-refractivity contribution in [1.29, 1.82) is 5.26 Å². The zero-order valence-corrected chi connectivity index (χ0v) is 15.3. The Hall–Kier alpha value is -2.54. The third-order valence-corrected chi connectivity index (χ3v) is 4.54. The molecule has 0 radical (unpaired) electrons. The molecule has 0 atom stereocenters.